The Balaban J connectivity index is 2.62. The molecule has 0 radical (unpaired) electrons. The highest BCUT2D eigenvalue weighted by molar-refractivity contribution is 6.32. The molecule has 1 aromatic rings. The van der Waals surface area contributed by atoms with Crippen LogP contribution in [0.3, 0.4) is 0 Å². The number of rotatable bonds is 4. The SMILES string of the molecule is CC(O)CCN(C)C(=O)Nc1ccc(C#N)c(Cl)c1. The Bertz CT molecular complexity index is 497. The Kier molecular flexibility index (Phi) is 5.61. The number of amides is 2. The van der Waals surface area contributed by atoms with Crippen molar-refractivity contribution < 1.29 is 9.90 Å². The van der Waals surface area contributed by atoms with Crippen molar-refractivity contribution in [2.75, 3.05) is 18.9 Å². The lowest BCUT2D eigenvalue weighted by molar-refractivity contribution is 0.167. The van der Waals surface area contributed by atoms with Crippen LogP contribution >= 0.6 is 11.6 Å². The van der Waals surface area contributed by atoms with Gasteiger partial charge in [0.25, 0.3) is 0 Å². The zero-order chi connectivity index (χ0) is 14.4. The number of hydrogen-bond donors (Lipinski definition) is 2. The molecule has 1 rings (SSSR count). The third kappa shape index (κ3) is 4.78. The number of nitrogens with one attached hydrogen (secondary N) is 1. The van der Waals surface area contributed by atoms with Gasteiger partial charge in [-0.1, -0.05) is 11.6 Å². The van der Waals surface area contributed by atoms with Gasteiger partial charge >= 0.3 is 6.03 Å². The molecular weight excluding hydrogens is 266 g/mol. The van der Waals surface area contributed by atoms with Crippen LogP contribution in [-0.2, 0) is 0 Å². The molecule has 19 heavy (non-hydrogen) atoms. The smallest absolute Gasteiger partial charge is 0.321 e. The molecular formula is C13H16ClN3O2. The number of urea groups is 1. The Morgan fingerprint density at radius 1 is 1.63 bits per heavy atom. The molecule has 0 aliphatic carbocycles. The third-order valence-electron chi connectivity index (χ3n) is 2.57. The highest BCUT2D eigenvalue weighted by atomic mass is 35.5. The predicted octanol–water partition coefficient (Wildman–Crippen LogP) is 2.45. The van der Waals surface area contributed by atoms with Crippen LogP contribution in [-0.4, -0.2) is 35.7 Å². The van der Waals surface area contributed by atoms with E-state index in [9.17, 15) is 4.79 Å². The third-order valence-corrected chi connectivity index (χ3v) is 2.88. The first-order valence-electron chi connectivity index (χ1n) is 5.84. The Morgan fingerprint density at radius 3 is 2.84 bits per heavy atom. The molecule has 0 saturated carbocycles. The van der Waals surface area contributed by atoms with E-state index in [0.717, 1.165) is 0 Å². The number of aliphatic hydroxyl groups is 1. The van der Waals surface area contributed by atoms with Crippen molar-refractivity contribution >= 4 is 23.3 Å². The molecule has 102 valence electrons. The minimum absolute atomic E-state index is 0.290. The molecule has 5 nitrogen and oxygen atoms in total. The van der Waals surface area contributed by atoms with Crippen LogP contribution in [0.4, 0.5) is 10.5 Å². The van der Waals surface area contributed by atoms with Crippen LogP contribution < -0.4 is 5.32 Å². The lowest BCUT2D eigenvalue weighted by atomic mass is 10.2. The van der Waals surface area contributed by atoms with Gasteiger partial charge in [-0.25, -0.2) is 4.79 Å². The summed E-state index contributed by atoms with van der Waals surface area (Å²) in [7, 11) is 1.64. The summed E-state index contributed by atoms with van der Waals surface area (Å²) in [5.74, 6) is 0. The van der Waals surface area contributed by atoms with E-state index in [1.165, 1.54) is 11.0 Å². The lowest BCUT2D eigenvalue weighted by Crippen LogP contribution is -2.33. The zero-order valence-corrected chi connectivity index (χ0v) is 11.6. The average Bonchev–Trinajstić information content (AvgIpc) is 2.36. The first-order valence-corrected chi connectivity index (χ1v) is 6.21. The topological polar surface area (TPSA) is 76.4 Å². The van der Waals surface area contributed by atoms with E-state index in [1.807, 2.05) is 6.07 Å². The number of hydrogen-bond acceptors (Lipinski definition) is 3. The number of nitrogens with zero attached hydrogens (tertiary/aromatic N) is 2. The summed E-state index contributed by atoms with van der Waals surface area (Å²) < 4.78 is 0. The summed E-state index contributed by atoms with van der Waals surface area (Å²) in [6.07, 6.45) is 0.0671. The number of carbonyl (C=O) groups excluding carboxylic acids is 1. The predicted molar refractivity (Wildman–Crippen MR) is 74.1 cm³/mol. The van der Waals surface area contributed by atoms with Crippen molar-refractivity contribution in [2.45, 2.75) is 19.4 Å². The van der Waals surface area contributed by atoms with Crippen LogP contribution in [0.1, 0.15) is 18.9 Å². The molecule has 1 unspecified atom stereocenters. The van der Waals surface area contributed by atoms with E-state index in [2.05, 4.69) is 5.32 Å². The maximum Gasteiger partial charge on any atom is 0.321 e. The van der Waals surface area contributed by atoms with E-state index < -0.39 is 6.10 Å². The molecule has 0 heterocycles. The summed E-state index contributed by atoms with van der Waals surface area (Å²) in [5, 5.41) is 20.9. The normalized spacial score (nSPS) is 11.5. The van der Waals surface area contributed by atoms with E-state index in [-0.39, 0.29) is 6.03 Å². The van der Waals surface area contributed by atoms with Crippen LogP contribution in [0.25, 0.3) is 0 Å². The van der Waals surface area contributed by atoms with Gasteiger partial charge < -0.3 is 15.3 Å². The van der Waals surface area contributed by atoms with Crippen molar-refractivity contribution in [3.05, 3.63) is 28.8 Å². The summed E-state index contributed by atoms with van der Waals surface area (Å²) in [6, 6.07) is 6.35. The van der Waals surface area contributed by atoms with Gasteiger partial charge in [-0.05, 0) is 31.5 Å². The first-order chi connectivity index (χ1) is 8.93. The fourth-order valence-electron chi connectivity index (χ4n) is 1.38. The van der Waals surface area contributed by atoms with Crippen LogP contribution in [0.15, 0.2) is 18.2 Å². The zero-order valence-electron chi connectivity index (χ0n) is 10.9. The van der Waals surface area contributed by atoms with Crippen molar-refractivity contribution in [1.29, 1.82) is 5.26 Å². The Labute approximate surface area is 117 Å². The molecule has 1 atom stereocenters. The quantitative estimate of drug-likeness (QED) is 0.890. The summed E-state index contributed by atoms with van der Waals surface area (Å²) in [5.41, 5.74) is 0.889. The molecule has 1 aromatic carbocycles. The van der Waals surface area contributed by atoms with Gasteiger partial charge in [0, 0.05) is 19.3 Å². The van der Waals surface area contributed by atoms with Crippen molar-refractivity contribution in [3.63, 3.8) is 0 Å². The molecule has 0 aromatic heterocycles. The standard InChI is InChI=1S/C13H16ClN3O2/c1-9(18)5-6-17(2)13(19)16-11-4-3-10(8-15)12(14)7-11/h3-4,7,9,18H,5-6H2,1-2H3,(H,16,19). The maximum absolute atomic E-state index is 11.8. The first kappa shape index (κ1) is 15.3. The van der Waals surface area contributed by atoms with E-state index in [1.54, 1.807) is 26.1 Å². The molecule has 0 saturated heterocycles. The monoisotopic (exact) mass is 281 g/mol. The van der Waals surface area contributed by atoms with Crippen molar-refractivity contribution in [3.8, 4) is 6.07 Å². The van der Waals surface area contributed by atoms with E-state index >= 15 is 0 Å². The molecule has 0 bridgehead atoms. The summed E-state index contributed by atoms with van der Waals surface area (Å²) in [6.45, 7) is 2.12. The fourth-order valence-corrected chi connectivity index (χ4v) is 1.61. The fraction of sp³-hybridized carbons (Fsp3) is 0.385. The highest BCUT2D eigenvalue weighted by Crippen LogP contribution is 2.20. The second-order valence-corrected chi connectivity index (χ2v) is 4.70. The van der Waals surface area contributed by atoms with Gasteiger partial charge in [0.15, 0.2) is 0 Å². The van der Waals surface area contributed by atoms with E-state index in [4.69, 9.17) is 22.0 Å². The molecule has 2 N–H and O–H groups in total. The number of nitriles is 1. The van der Waals surface area contributed by atoms with Gasteiger partial charge in [-0.15, -0.1) is 0 Å². The minimum atomic E-state index is -0.445. The van der Waals surface area contributed by atoms with Gasteiger partial charge in [-0.3, -0.25) is 0 Å². The number of benzene rings is 1. The molecule has 0 aliphatic heterocycles. The van der Waals surface area contributed by atoms with Crippen molar-refractivity contribution in [1.82, 2.24) is 4.90 Å². The Morgan fingerprint density at radius 2 is 2.32 bits per heavy atom. The number of halogens is 1. The highest BCUT2D eigenvalue weighted by Gasteiger charge is 2.10. The van der Waals surface area contributed by atoms with Crippen LogP contribution in [0, 0.1) is 11.3 Å². The number of carbonyl (C=O) groups is 1. The van der Waals surface area contributed by atoms with E-state index in [0.29, 0.717) is 29.2 Å². The maximum atomic E-state index is 11.8. The molecule has 0 fully saturated rings. The summed E-state index contributed by atoms with van der Waals surface area (Å²) >= 11 is 5.87. The van der Waals surface area contributed by atoms with Crippen LogP contribution in [0.5, 0.6) is 0 Å². The number of aliphatic hydroxyl groups excluding tert-OH is 1. The second-order valence-electron chi connectivity index (χ2n) is 4.30. The van der Waals surface area contributed by atoms with Crippen LogP contribution in [0.2, 0.25) is 5.02 Å². The van der Waals surface area contributed by atoms with Gasteiger partial charge in [0.05, 0.1) is 16.7 Å². The molecule has 6 heteroatoms. The second kappa shape index (κ2) is 6.98. The molecule has 0 aliphatic rings. The lowest BCUT2D eigenvalue weighted by Gasteiger charge is -2.18. The molecule has 2 amide bonds. The number of anilines is 1. The van der Waals surface area contributed by atoms with Gasteiger partial charge in [0.1, 0.15) is 6.07 Å². The van der Waals surface area contributed by atoms with Crippen molar-refractivity contribution in [2.24, 2.45) is 0 Å². The average molecular weight is 282 g/mol. The van der Waals surface area contributed by atoms with Gasteiger partial charge in [0.2, 0.25) is 0 Å². The summed E-state index contributed by atoms with van der Waals surface area (Å²) in [4.78, 5) is 13.3. The largest absolute Gasteiger partial charge is 0.393 e. The minimum Gasteiger partial charge on any atom is -0.393 e. The molecule has 0 spiro atoms. The Hall–Kier alpha value is -1.77. The van der Waals surface area contributed by atoms with Gasteiger partial charge in [-0.2, -0.15) is 5.26 Å².